The first-order valence-electron chi connectivity index (χ1n) is 12.6. The summed E-state index contributed by atoms with van der Waals surface area (Å²) in [5.74, 6) is 2.81. The van der Waals surface area contributed by atoms with Crippen molar-refractivity contribution in [1.82, 2.24) is 14.9 Å². The van der Waals surface area contributed by atoms with Gasteiger partial charge in [-0.1, -0.05) is 23.7 Å². The van der Waals surface area contributed by atoms with Crippen LogP contribution in [0.3, 0.4) is 0 Å². The molecule has 0 radical (unpaired) electrons. The normalized spacial score (nSPS) is 23.3. The topological polar surface area (TPSA) is 47.9 Å². The summed E-state index contributed by atoms with van der Waals surface area (Å²) in [6.07, 6.45) is 6.19. The minimum atomic E-state index is 0.286. The number of nitrogens with zero attached hydrogens (tertiary/aromatic N) is 6. The Morgan fingerprint density at radius 3 is 2.50 bits per heavy atom. The fourth-order valence-corrected chi connectivity index (χ4v) is 5.52. The fourth-order valence-electron chi connectivity index (χ4n) is 5.24. The second-order valence-electron chi connectivity index (χ2n) is 9.96. The highest BCUT2D eigenvalue weighted by Crippen LogP contribution is 2.32. The summed E-state index contributed by atoms with van der Waals surface area (Å²) in [7, 11) is 0. The first-order chi connectivity index (χ1) is 16.4. The van der Waals surface area contributed by atoms with Gasteiger partial charge in [0.1, 0.15) is 11.6 Å². The Bertz CT molecular complexity index is 1130. The quantitative estimate of drug-likeness (QED) is 0.578. The summed E-state index contributed by atoms with van der Waals surface area (Å²) in [5, 5.41) is 0.882. The number of rotatable bonds is 4. The Morgan fingerprint density at radius 2 is 1.79 bits per heavy atom. The molecule has 180 valence electrons. The molecule has 0 bridgehead atoms. The van der Waals surface area contributed by atoms with Crippen molar-refractivity contribution in [2.24, 2.45) is 4.99 Å². The van der Waals surface area contributed by atoms with E-state index in [2.05, 4.69) is 71.7 Å². The molecule has 3 aliphatic rings. The first kappa shape index (κ1) is 23.2. The van der Waals surface area contributed by atoms with E-state index >= 15 is 0 Å². The molecule has 6 nitrogen and oxygen atoms in total. The van der Waals surface area contributed by atoms with Gasteiger partial charge in [0.15, 0.2) is 0 Å². The molecule has 0 saturated carbocycles. The number of hydrogen-bond donors (Lipinski definition) is 0. The predicted molar refractivity (Wildman–Crippen MR) is 142 cm³/mol. The minimum absolute atomic E-state index is 0.286. The molecule has 1 aromatic carbocycles. The zero-order valence-corrected chi connectivity index (χ0v) is 21.5. The van der Waals surface area contributed by atoms with Crippen LogP contribution in [0, 0.1) is 13.8 Å². The third-order valence-electron chi connectivity index (χ3n) is 7.48. The zero-order chi connectivity index (χ0) is 23.8. The smallest absolute Gasteiger partial charge is 0.228 e. The van der Waals surface area contributed by atoms with Gasteiger partial charge in [0.25, 0.3) is 0 Å². The van der Waals surface area contributed by atoms with Gasteiger partial charge in [0.05, 0.1) is 10.7 Å². The van der Waals surface area contributed by atoms with Gasteiger partial charge in [-0.2, -0.15) is 4.98 Å². The Labute approximate surface area is 208 Å². The number of piperazine rings is 1. The lowest BCUT2D eigenvalue weighted by molar-refractivity contribution is 0.278. The van der Waals surface area contributed by atoms with Gasteiger partial charge in [-0.05, 0) is 70.6 Å². The van der Waals surface area contributed by atoms with Crippen LogP contribution in [-0.4, -0.2) is 59.3 Å². The molecule has 2 saturated heterocycles. The van der Waals surface area contributed by atoms with Crippen LogP contribution in [0.25, 0.3) is 11.3 Å². The van der Waals surface area contributed by atoms with Gasteiger partial charge in [-0.3, -0.25) is 0 Å². The number of allylic oxidation sites excluding steroid dienone is 1. The summed E-state index contributed by atoms with van der Waals surface area (Å²) in [6.45, 7) is 12.5. The number of aliphatic imine (C=N–C) groups is 1. The number of hydrogen-bond acceptors (Lipinski definition) is 6. The molecule has 4 heterocycles. The van der Waals surface area contributed by atoms with Crippen LogP contribution in [0.15, 0.2) is 40.1 Å². The Balaban J connectivity index is 1.48. The van der Waals surface area contributed by atoms with Crippen LogP contribution in [0.4, 0.5) is 11.8 Å². The van der Waals surface area contributed by atoms with Crippen molar-refractivity contribution >= 4 is 29.6 Å². The number of benzene rings is 1. The molecule has 2 fully saturated rings. The van der Waals surface area contributed by atoms with Crippen molar-refractivity contribution in [3.8, 4) is 11.3 Å². The zero-order valence-electron chi connectivity index (χ0n) is 20.8. The van der Waals surface area contributed by atoms with Crippen molar-refractivity contribution < 1.29 is 0 Å². The third-order valence-corrected chi connectivity index (χ3v) is 7.84. The number of aromatic nitrogens is 2. The van der Waals surface area contributed by atoms with Crippen LogP contribution >= 0.6 is 11.6 Å². The van der Waals surface area contributed by atoms with Gasteiger partial charge in [-0.25, -0.2) is 9.98 Å². The van der Waals surface area contributed by atoms with Crippen LogP contribution in [-0.2, 0) is 0 Å². The average molecular weight is 479 g/mol. The molecule has 0 aliphatic carbocycles. The van der Waals surface area contributed by atoms with Crippen LogP contribution in [0.5, 0.6) is 0 Å². The van der Waals surface area contributed by atoms with Crippen molar-refractivity contribution in [2.75, 3.05) is 36.0 Å². The van der Waals surface area contributed by atoms with Crippen molar-refractivity contribution in [3.63, 3.8) is 0 Å². The SMILES string of the molecule is Cc1ccc(-c2cc(N3CCN(C4=C(Cl)CCC=N4)CC3C)nc(N3CCCC3C)n2)cc1C. The molecule has 0 N–H and O–H groups in total. The maximum atomic E-state index is 6.52. The van der Waals surface area contributed by atoms with Crippen molar-refractivity contribution in [2.45, 2.75) is 65.5 Å². The van der Waals surface area contributed by atoms with Crippen molar-refractivity contribution in [3.05, 3.63) is 46.2 Å². The largest absolute Gasteiger partial charge is 0.352 e. The molecule has 7 heteroatoms. The summed E-state index contributed by atoms with van der Waals surface area (Å²) >= 11 is 6.52. The molecular formula is C27H35ClN6. The lowest BCUT2D eigenvalue weighted by Crippen LogP contribution is -2.52. The second-order valence-corrected chi connectivity index (χ2v) is 10.4. The lowest BCUT2D eigenvalue weighted by Gasteiger charge is -2.42. The van der Waals surface area contributed by atoms with Crippen molar-refractivity contribution in [1.29, 1.82) is 0 Å². The molecular weight excluding hydrogens is 444 g/mol. The van der Waals surface area contributed by atoms with Gasteiger partial charge >= 0.3 is 0 Å². The van der Waals surface area contributed by atoms with E-state index in [9.17, 15) is 0 Å². The third kappa shape index (κ3) is 4.52. The van der Waals surface area contributed by atoms with E-state index in [1.54, 1.807) is 0 Å². The molecule has 34 heavy (non-hydrogen) atoms. The fraction of sp³-hybridized carbons (Fsp3) is 0.519. The number of halogens is 1. The molecule has 1 aromatic heterocycles. The van der Waals surface area contributed by atoms with E-state index in [0.29, 0.717) is 6.04 Å². The molecule has 0 spiro atoms. The van der Waals surface area contributed by atoms with Gasteiger partial charge < -0.3 is 14.7 Å². The Morgan fingerprint density at radius 1 is 0.941 bits per heavy atom. The summed E-state index contributed by atoms with van der Waals surface area (Å²) in [5.41, 5.74) is 4.74. The highest BCUT2D eigenvalue weighted by atomic mass is 35.5. The lowest BCUT2D eigenvalue weighted by atomic mass is 10.0. The van der Waals surface area contributed by atoms with Gasteiger partial charge in [0.2, 0.25) is 5.95 Å². The summed E-state index contributed by atoms with van der Waals surface area (Å²) < 4.78 is 0. The maximum absolute atomic E-state index is 6.52. The van der Waals surface area contributed by atoms with Crippen LogP contribution < -0.4 is 9.80 Å². The van der Waals surface area contributed by atoms with Gasteiger partial charge in [0, 0.05) is 56.1 Å². The van der Waals surface area contributed by atoms with E-state index in [-0.39, 0.29) is 6.04 Å². The highest BCUT2D eigenvalue weighted by Gasteiger charge is 2.30. The van der Waals surface area contributed by atoms with Crippen LogP contribution in [0.1, 0.15) is 50.7 Å². The Kier molecular flexibility index (Phi) is 6.52. The monoisotopic (exact) mass is 478 g/mol. The molecule has 0 amide bonds. The average Bonchev–Trinajstić information content (AvgIpc) is 3.26. The summed E-state index contributed by atoms with van der Waals surface area (Å²) in [6, 6.07) is 9.54. The van der Waals surface area contributed by atoms with E-state index in [4.69, 9.17) is 21.6 Å². The Hall–Kier alpha value is -2.60. The maximum Gasteiger partial charge on any atom is 0.228 e. The summed E-state index contributed by atoms with van der Waals surface area (Å²) in [4.78, 5) is 21.9. The second kappa shape index (κ2) is 9.57. The van der Waals surface area contributed by atoms with E-state index in [0.717, 1.165) is 72.9 Å². The molecule has 2 aromatic rings. The first-order valence-corrected chi connectivity index (χ1v) is 12.9. The predicted octanol–water partition coefficient (Wildman–Crippen LogP) is 5.53. The molecule has 3 aliphatic heterocycles. The van der Waals surface area contributed by atoms with E-state index in [1.807, 2.05) is 6.21 Å². The number of aryl methyl sites for hydroxylation is 2. The molecule has 2 unspecified atom stereocenters. The number of anilines is 2. The van der Waals surface area contributed by atoms with Crippen LogP contribution in [0.2, 0.25) is 0 Å². The highest BCUT2D eigenvalue weighted by molar-refractivity contribution is 6.30. The van der Waals surface area contributed by atoms with E-state index in [1.165, 1.54) is 24.0 Å². The van der Waals surface area contributed by atoms with E-state index < -0.39 is 0 Å². The minimum Gasteiger partial charge on any atom is -0.352 e. The standard InChI is InChI=1S/C27H35ClN6/c1-18-9-10-22(15-19(18)2)24-16-25(31-27(30-24)34-12-6-7-20(34)3)33-14-13-32(17-21(33)4)26-23(28)8-5-11-29-26/h9-11,15-16,20-21H,5-8,12-14,17H2,1-4H3. The molecule has 2 atom stereocenters. The van der Waals surface area contributed by atoms with Gasteiger partial charge in [-0.15, -0.1) is 0 Å². The molecule has 5 rings (SSSR count).